The third-order valence-corrected chi connectivity index (χ3v) is 4.46. The molecule has 1 fully saturated rings. The van der Waals surface area contributed by atoms with Gasteiger partial charge in [0.05, 0.1) is 5.69 Å². The van der Waals surface area contributed by atoms with Crippen molar-refractivity contribution < 1.29 is 0 Å². The molecular formula is C15H23N3. The van der Waals surface area contributed by atoms with E-state index in [1.807, 2.05) is 0 Å². The molecule has 1 aliphatic heterocycles. The molecular weight excluding hydrogens is 222 g/mol. The number of rotatable bonds is 2. The van der Waals surface area contributed by atoms with Crippen LogP contribution in [0.5, 0.6) is 0 Å². The third kappa shape index (κ3) is 2.41. The first-order valence-corrected chi connectivity index (χ1v) is 7.44. The Labute approximate surface area is 110 Å². The minimum atomic E-state index is 0.626. The highest BCUT2D eigenvalue weighted by atomic mass is 15.1. The van der Waals surface area contributed by atoms with Crippen molar-refractivity contribution in [3.63, 3.8) is 0 Å². The molecule has 3 nitrogen and oxygen atoms in total. The lowest BCUT2D eigenvalue weighted by Gasteiger charge is -2.28. The first kappa shape index (κ1) is 12.1. The largest absolute Gasteiger partial charge is 0.297 e. The van der Waals surface area contributed by atoms with Crippen LogP contribution in [0.3, 0.4) is 0 Å². The predicted molar refractivity (Wildman–Crippen MR) is 72.5 cm³/mol. The highest BCUT2D eigenvalue weighted by molar-refractivity contribution is 5.21. The second-order valence-corrected chi connectivity index (χ2v) is 5.65. The Balaban J connectivity index is 1.81. The van der Waals surface area contributed by atoms with Gasteiger partial charge in [0.1, 0.15) is 5.82 Å². The summed E-state index contributed by atoms with van der Waals surface area (Å²) in [5, 5.41) is 0. The molecule has 0 spiro atoms. The summed E-state index contributed by atoms with van der Waals surface area (Å²) in [5.74, 6) is 1.74. The van der Waals surface area contributed by atoms with Crippen LogP contribution in [0, 0.1) is 0 Å². The van der Waals surface area contributed by atoms with Crippen LogP contribution in [0.1, 0.15) is 62.0 Å². The van der Waals surface area contributed by atoms with Crippen LogP contribution in [-0.2, 0) is 13.0 Å². The van der Waals surface area contributed by atoms with E-state index >= 15 is 0 Å². The van der Waals surface area contributed by atoms with Gasteiger partial charge in [0.2, 0.25) is 0 Å². The fraction of sp³-hybridized carbons (Fsp3) is 0.733. The maximum atomic E-state index is 4.88. The lowest BCUT2D eigenvalue weighted by molar-refractivity contribution is 0.262. The number of hydrogen-bond donors (Lipinski definition) is 0. The van der Waals surface area contributed by atoms with Gasteiger partial charge in [-0.25, -0.2) is 9.97 Å². The Morgan fingerprint density at radius 1 is 1.28 bits per heavy atom. The van der Waals surface area contributed by atoms with Crippen molar-refractivity contribution in [2.45, 2.75) is 57.9 Å². The average Bonchev–Trinajstić information content (AvgIpc) is 2.47. The molecule has 2 aliphatic rings. The van der Waals surface area contributed by atoms with Gasteiger partial charge < -0.3 is 0 Å². The summed E-state index contributed by atoms with van der Waals surface area (Å²) in [4.78, 5) is 12.0. The minimum absolute atomic E-state index is 0.626. The Bertz CT molecular complexity index is 410. The van der Waals surface area contributed by atoms with Crippen LogP contribution >= 0.6 is 0 Å². The van der Waals surface area contributed by atoms with Crippen molar-refractivity contribution in [1.82, 2.24) is 14.9 Å². The average molecular weight is 245 g/mol. The summed E-state index contributed by atoms with van der Waals surface area (Å²) in [6, 6.07) is 0. The standard InChI is InChI=1S/C15H23N3/c1-2-18-9-8-13-10-16-15(17-14(13)11-18)12-6-4-3-5-7-12/h10,12H,2-9,11H2,1H3. The maximum absolute atomic E-state index is 4.88. The highest BCUT2D eigenvalue weighted by Gasteiger charge is 2.22. The van der Waals surface area contributed by atoms with Gasteiger partial charge in [-0.15, -0.1) is 0 Å². The van der Waals surface area contributed by atoms with Crippen LogP contribution in [0.4, 0.5) is 0 Å². The first-order chi connectivity index (χ1) is 8.86. The molecule has 98 valence electrons. The smallest absolute Gasteiger partial charge is 0.131 e. The van der Waals surface area contributed by atoms with Crippen molar-refractivity contribution in [2.75, 3.05) is 13.1 Å². The molecule has 0 saturated heterocycles. The second kappa shape index (κ2) is 5.35. The van der Waals surface area contributed by atoms with Gasteiger partial charge in [-0.2, -0.15) is 0 Å². The topological polar surface area (TPSA) is 29.0 Å². The van der Waals surface area contributed by atoms with Crippen LogP contribution < -0.4 is 0 Å². The summed E-state index contributed by atoms with van der Waals surface area (Å²) >= 11 is 0. The second-order valence-electron chi connectivity index (χ2n) is 5.65. The van der Waals surface area contributed by atoms with E-state index in [1.165, 1.54) is 43.4 Å². The molecule has 18 heavy (non-hydrogen) atoms. The van der Waals surface area contributed by atoms with E-state index in [2.05, 4.69) is 23.0 Å². The molecule has 3 rings (SSSR count). The molecule has 0 unspecified atom stereocenters. The Hall–Kier alpha value is -0.960. The van der Waals surface area contributed by atoms with E-state index in [0.29, 0.717) is 5.92 Å². The zero-order valence-corrected chi connectivity index (χ0v) is 11.4. The van der Waals surface area contributed by atoms with Crippen molar-refractivity contribution >= 4 is 0 Å². The van der Waals surface area contributed by atoms with Gasteiger partial charge in [-0.3, -0.25) is 4.90 Å². The van der Waals surface area contributed by atoms with Gasteiger partial charge in [0, 0.05) is 25.2 Å². The van der Waals surface area contributed by atoms with E-state index in [0.717, 1.165) is 31.9 Å². The molecule has 1 aliphatic carbocycles. The number of aromatic nitrogens is 2. The third-order valence-electron chi connectivity index (χ3n) is 4.46. The van der Waals surface area contributed by atoms with Crippen LogP contribution in [0.25, 0.3) is 0 Å². The fourth-order valence-electron chi connectivity index (χ4n) is 3.20. The van der Waals surface area contributed by atoms with E-state index in [1.54, 1.807) is 0 Å². The molecule has 1 aromatic heterocycles. The number of hydrogen-bond acceptors (Lipinski definition) is 3. The zero-order chi connectivity index (χ0) is 12.4. The number of fused-ring (bicyclic) bond motifs is 1. The molecule has 0 atom stereocenters. The summed E-state index contributed by atoms with van der Waals surface area (Å²) in [6.07, 6.45) is 9.89. The van der Waals surface area contributed by atoms with E-state index in [4.69, 9.17) is 4.98 Å². The van der Waals surface area contributed by atoms with Crippen molar-refractivity contribution in [3.05, 3.63) is 23.3 Å². The van der Waals surface area contributed by atoms with Gasteiger partial charge in [0.25, 0.3) is 0 Å². The summed E-state index contributed by atoms with van der Waals surface area (Å²) in [5.41, 5.74) is 2.66. The van der Waals surface area contributed by atoms with E-state index in [9.17, 15) is 0 Å². The van der Waals surface area contributed by atoms with E-state index < -0.39 is 0 Å². The minimum Gasteiger partial charge on any atom is -0.297 e. The van der Waals surface area contributed by atoms with Crippen LogP contribution in [0.15, 0.2) is 6.20 Å². The molecule has 0 amide bonds. The van der Waals surface area contributed by atoms with Gasteiger partial charge in [-0.1, -0.05) is 26.2 Å². The molecule has 1 aromatic rings. The molecule has 3 heteroatoms. The van der Waals surface area contributed by atoms with Gasteiger partial charge in [-0.05, 0) is 31.4 Å². The maximum Gasteiger partial charge on any atom is 0.131 e. The SMILES string of the molecule is CCN1CCc2cnc(C3CCCCC3)nc2C1. The molecule has 0 aromatic carbocycles. The summed E-state index contributed by atoms with van der Waals surface area (Å²) < 4.78 is 0. The van der Waals surface area contributed by atoms with Crippen LogP contribution in [0.2, 0.25) is 0 Å². The number of nitrogens with zero attached hydrogens (tertiary/aromatic N) is 3. The molecule has 0 bridgehead atoms. The number of likely N-dealkylation sites (N-methyl/N-ethyl adjacent to an activating group) is 1. The summed E-state index contributed by atoms with van der Waals surface area (Å²) in [6.45, 7) is 5.54. The Morgan fingerprint density at radius 3 is 2.89 bits per heavy atom. The predicted octanol–water partition coefficient (Wildman–Crippen LogP) is 2.90. The summed E-state index contributed by atoms with van der Waals surface area (Å²) in [7, 11) is 0. The zero-order valence-electron chi connectivity index (χ0n) is 11.4. The van der Waals surface area contributed by atoms with Gasteiger partial charge in [0.15, 0.2) is 0 Å². The van der Waals surface area contributed by atoms with E-state index in [-0.39, 0.29) is 0 Å². The lowest BCUT2D eigenvalue weighted by Crippen LogP contribution is -2.31. The normalized spacial score (nSPS) is 21.8. The first-order valence-electron chi connectivity index (χ1n) is 7.44. The monoisotopic (exact) mass is 245 g/mol. The highest BCUT2D eigenvalue weighted by Crippen LogP contribution is 2.31. The van der Waals surface area contributed by atoms with Crippen molar-refractivity contribution in [1.29, 1.82) is 0 Å². The molecule has 2 heterocycles. The molecule has 1 saturated carbocycles. The fourth-order valence-corrected chi connectivity index (χ4v) is 3.20. The quantitative estimate of drug-likeness (QED) is 0.802. The van der Waals surface area contributed by atoms with Gasteiger partial charge >= 0.3 is 0 Å². The molecule has 0 N–H and O–H groups in total. The Kier molecular flexibility index (Phi) is 3.59. The van der Waals surface area contributed by atoms with Crippen molar-refractivity contribution in [2.24, 2.45) is 0 Å². The molecule has 0 radical (unpaired) electrons. The Morgan fingerprint density at radius 2 is 2.11 bits per heavy atom. The van der Waals surface area contributed by atoms with Crippen LogP contribution in [-0.4, -0.2) is 28.0 Å². The van der Waals surface area contributed by atoms with Crippen molar-refractivity contribution in [3.8, 4) is 0 Å². The lowest BCUT2D eigenvalue weighted by atomic mass is 9.88.